The first-order chi connectivity index (χ1) is 7.09. The van der Waals surface area contributed by atoms with E-state index in [9.17, 15) is 0 Å². The van der Waals surface area contributed by atoms with Crippen molar-refractivity contribution < 1.29 is 4.74 Å². The van der Waals surface area contributed by atoms with Crippen LogP contribution in [0.2, 0.25) is 0 Å². The van der Waals surface area contributed by atoms with Gasteiger partial charge in [0.25, 0.3) is 0 Å². The van der Waals surface area contributed by atoms with Crippen LogP contribution < -0.4 is 0 Å². The molecule has 0 aliphatic carbocycles. The maximum atomic E-state index is 5.54. The number of rotatable bonds is 2. The van der Waals surface area contributed by atoms with Gasteiger partial charge in [-0.1, -0.05) is 39.8 Å². The predicted octanol–water partition coefficient (Wildman–Crippen LogP) is 3.96. The molecule has 0 N–H and O–H groups in total. The molecule has 0 spiro atoms. The number of hydrogen-bond donors (Lipinski definition) is 0. The molecule has 0 saturated heterocycles. The predicted molar refractivity (Wildman–Crippen MR) is 63.1 cm³/mol. The van der Waals surface area contributed by atoms with Gasteiger partial charge in [-0.15, -0.1) is 0 Å². The lowest BCUT2D eigenvalue weighted by atomic mass is 9.89. The second-order valence-electron chi connectivity index (χ2n) is 5.05. The van der Waals surface area contributed by atoms with E-state index in [2.05, 4.69) is 39.8 Å². The first kappa shape index (κ1) is 10.7. The van der Waals surface area contributed by atoms with E-state index in [4.69, 9.17) is 4.74 Å². The number of fused-ring (bicyclic) bond motifs is 1. The molecule has 0 aromatic heterocycles. The van der Waals surface area contributed by atoms with Crippen molar-refractivity contribution in [2.45, 2.75) is 52.7 Å². The fourth-order valence-corrected chi connectivity index (χ4v) is 2.20. The molecule has 1 heterocycles. The molecule has 0 unspecified atom stereocenters. The Kier molecular flexibility index (Phi) is 2.83. The summed E-state index contributed by atoms with van der Waals surface area (Å²) in [5.41, 5.74) is 5.77. The highest BCUT2D eigenvalue weighted by Gasteiger charge is 2.18. The lowest BCUT2D eigenvalue weighted by molar-refractivity contribution is 0.134. The third-order valence-electron chi connectivity index (χ3n) is 3.19. The summed E-state index contributed by atoms with van der Waals surface area (Å²) in [7, 11) is 0. The Morgan fingerprint density at radius 1 is 1.00 bits per heavy atom. The van der Waals surface area contributed by atoms with Gasteiger partial charge in [-0.3, -0.25) is 0 Å². The second kappa shape index (κ2) is 3.97. The van der Waals surface area contributed by atoms with E-state index in [1.165, 1.54) is 22.3 Å². The van der Waals surface area contributed by atoms with E-state index in [1.807, 2.05) is 0 Å². The van der Waals surface area contributed by atoms with Crippen LogP contribution in [0.25, 0.3) is 0 Å². The zero-order chi connectivity index (χ0) is 11.0. The summed E-state index contributed by atoms with van der Waals surface area (Å²) in [6.45, 7) is 10.6. The molecule has 1 aromatic rings. The Labute approximate surface area is 92.5 Å². The molecule has 0 radical (unpaired) electrons. The fraction of sp³-hybridized carbons (Fsp3) is 0.571. The molecular weight excluding hydrogens is 184 g/mol. The number of hydrogen-bond acceptors (Lipinski definition) is 1. The Morgan fingerprint density at radius 2 is 1.73 bits per heavy atom. The van der Waals surface area contributed by atoms with Crippen molar-refractivity contribution in [2.75, 3.05) is 0 Å². The van der Waals surface area contributed by atoms with Crippen molar-refractivity contribution in [2.24, 2.45) is 0 Å². The van der Waals surface area contributed by atoms with Crippen LogP contribution in [0.5, 0.6) is 0 Å². The highest BCUT2D eigenvalue weighted by atomic mass is 16.5. The van der Waals surface area contributed by atoms with E-state index >= 15 is 0 Å². The Bertz CT molecular complexity index is 364. The van der Waals surface area contributed by atoms with Crippen LogP contribution >= 0.6 is 0 Å². The first-order valence-corrected chi connectivity index (χ1v) is 5.83. The van der Waals surface area contributed by atoms with Crippen molar-refractivity contribution in [3.63, 3.8) is 0 Å². The number of benzene rings is 1. The van der Waals surface area contributed by atoms with Gasteiger partial charge in [0.05, 0.1) is 13.2 Å². The first-order valence-electron chi connectivity index (χ1n) is 5.83. The Balaban J connectivity index is 2.52. The molecule has 0 amide bonds. The Morgan fingerprint density at radius 3 is 2.33 bits per heavy atom. The SMILES string of the molecule is CC(C)c1cc2c(c(C(C)C)c1)COC2. The molecule has 15 heavy (non-hydrogen) atoms. The summed E-state index contributed by atoms with van der Waals surface area (Å²) in [4.78, 5) is 0. The molecule has 0 saturated carbocycles. The highest BCUT2D eigenvalue weighted by Crippen LogP contribution is 2.32. The molecule has 1 nitrogen and oxygen atoms in total. The molecule has 1 aliphatic rings. The van der Waals surface area contributed by atoms with Gasteiger partial charge >= 0.3 is 0 Å². The average molecular weight is 204 g/mol. The van der Waals surface area contributed by atoms with Crippen LogP contribution in [0.4, 0.5) is 0 Å². The van der Waals surface area contributed by atoms with Crippen molar-refractivity contribution in [1.29, 1.82) is 0 Å². The third kappa shape index (κ3) is 1.93. The minimum absolute atomic E-state index is 0.596. The van der Waals surface area contributed by atoms with Crippen LogP contribution in [-0.2, 0) is 18.0 Å². The molecule has 2 rings (SSSR count). The van der Waals surface area contributed by atoms with Crippen LogP contribution in [0, 0.1) is 0 Å². The smallest absolute Gasteiger partial charge is 0.0727 e. The lowest BCUT2D eigenvalue weighted by Gasteiger charge is -2.15. The topological polar surface area (TPSA) is 9.23 Å². The van der Waals surface area contributed by atoms with Crippen molar-refractivity contribution in [1.82, 2.24) is 0 Å². The fourth-order valence-electron chi connectivity index (χ4n) is 2.20. The Hall–Kier alpha value is -0.820. The quantitative estimate of drug-likeness (QED) is 0.708. The molecular formula is C14H20O. The van der Waals surface area contributed by atoms with Crippen LogP contribution in [0.1, 0.15) is 61.8 Å². The van der Waals surface area contributed by atoms with Crippen molar-refractivity contribution in [3.05, 3.63) is 34.4 Å². The van der Waals surface area contributed by atoms with E-state index in [0.717, 1.165) is 13.2 Å². The molecule has 0 bridgehead atoms. The van der Waals surface area contributed by atoms with Crippen molar-refractivity contribution >= 4 is 0 Å². The molecule has 1 aromatic carbocycles. The number of ether oxygens (including phenoxy) is 1. The summed E-state index contributed by atoms with van der Waals surface area (Å²) < 4.78 is 5.54. The minimum atomic E-state index is 0.596. The van der Waals surface area contributed by atoms with Crippen LogP contribution in [-0.4, -0.2) is 0 Å². The normalized spacial score (nSPS) is 15.1. The van der Waals surface area contributed by atoms with Gasteiger partial charge in [0.1, 0.15) is 0 Å². The second-order valence-corrected chi connectivity index (χ2v) is 5.05. The van der Waals surface area contributed by atoms with Gasteiger partial charge in [-0.05, 0) is 34.1 Å². The van der Waals surface area contributed by atoms with E-state index in [-0.39, 0.29) is 0 Å². The summed E-state index contributed by atoms with van der Waals surface area (Å²) in [6.07, 6.45) is 0. The summed E-state index contributed by atoms with van der Waals surface area (Å²) >= 11 is 0. The average Bonchev–Trinajstić information content (AvgIpc) is 2.62. The minimum Gasteiger partial charge on any atom is -0.372 e. The zero-order valence-electron chi connectivity index (χ0n) is 10.1. The lowest BCUT2D eigenvalue weighted by Crippen LogP contribution is -1.99. The molecule has 1 aliphatic heterocycles. The van der Waals surface area contributed by atoms with Crippen molar-refractivity contribution in [3.8, 4) is 0 Å². The van der Waals surface area contributed by atoms with Crippen LogP contribution in [0.15, 0.2) is 12.1 Å². The van der Waals surface area contributed by atoms with Gasteiger partial charge in [-0.2, -0.15) is 0 Å². The monoisotopic (exact) mass is 204 g/mol. The van der Waals surface area contributed by atoms with Crippen LogP contribution in [0.3, 0.4) is 0 Å². The molecule has 82 valence electrons. The van der Waals surface area contributed by atoms with E-state index < -0.39 is 0 Å². The van der Waals surface area contributed by atoms with Gasteiger partial charge in [0.2, 0.25) is 0 Å². The van der Waals surface area contributed by atoms with E-state index in [0.29, 0.717) is 11.8 Å². The van der Waals surface area contributed by atoms with E-state index in [1.54, 1.807) is 0 Å². The molecule has 0 fully saturated rings. The summed E-state index contributed by atoms with van der Waals surface area (Å²) in [5, 5.41) is 0. The summed E-state index contributed by atoms with van der Waals surface area (Å²) in [5.74, 6) is 1.20. The maximum Gasteiger partial charge on any atom is 0.0727 e. The van der Waals surface area contributed by atoms with Gasteiger partial charge in [0.15, 0.2) is 0 Å². The van der Waals surface area contributed by atoms with Gasteiger partial charge in [0, 0.05) is 0 Å². The highest BCUT2D eigenvalue weighted by molar-refractivity contribution is 5.42. The summed E-state index contributed by atoms with van der Waals surface area (Å²) in [6, 6.07) is 4.68. The van der Waals surface area contributed by atoms with Gasteiger partial charge < -0.3 is 4.74 Å². The third-order valence-corrected chi connectivity index (χ3v) is 3.19. The largest absolute Gasteiger partial charge is 0.372 e. The van der Waals surface area contributed by atoms with Gasteiger partial charge in [-0.25, -0.2) is 0 Å². The standard InChI is InChI=1S/C14H20O/c1-9(2)11-5-12-7-15-8-14(12)13(6-11)10(3)4/h5-6,9-10H,7-8H2,1-4H3. The maximum absolute atomic E-state index is 5.54. The molecule has 1 heteroatoms. The molecule has 0 atom stereocenters. The zero-order valence-corrected chi connectivity index (χ0v) is 10.1.